The summed E-state index contributed by atoms with van der Waals surface area (Å²) in [6.07, 6.45) is 1.51. The smallest absolute Gasteiger partial charge is 0.304 e. The highest BCUT2D eigenvalue weighted by Gasteiger charge is 2.13. The molecule has 2 aromatic heterocycles. The molecule has 0 amide bonds. The Morgan fingerprint density at radius 1 is 1.56 bits per heavy atom. The number of rotatable bonds is 3. The average Bonchev–Trinajstić information content (AvgIpc) is 2.73. The van der Waals surface area contributed by atoms with Gasteiger partial charge in [-0.3, -0.25) is 14.9 Å². The van der Waals surface area contributed by atoms with Crippen LogP contribution in [0.5, 0.6) is 0 Å². The van der Waals surface area contributed by atoms with Crippen LogP contribution >= 0.6 is 11.3 Å². The molecule has 0 aliphatic carbocycles. The number of nitro groups is 1. The first-order chi connectivity index (χ1) is 7.68. The van der Waals surface area contributed by atoms with Crippen molar-refractivity contribution < 1.29 is 4.92 Å². The van der Waals surface area contributed by atoms with Gasteiger partial charge in [0, 0.05) is 17.6 Å². The Morgan fingerprint density at radius 3 is 3.00 bits per heavy atom. The van der Waals surface area contributed by atoms with Crippen molar-refractivity contribution in [2.45, 2.75) is 6.54 Å². The largest absolute Gasteiger partial charge is 0.334 e. The quantitative estimate of drug-likeness (QED) is 0.594. The van der Waals surface area contributed by atoms with Gasteiger partial charge >= 0.3 is 11.2 Å². The van der Waals surface area contributed by atoms with Gasteiger partial charge in [0.05, 0.1) is 22.7 Å². The van der Waals surface area contributed by atoms with Crippen LogP contribution in [0.25, 0.3) is 0 Å². The highest BCUT2D eigenvalue weighted by molar-refractivity contribution is 7.07. The Hall–Kier alpha value is -2.02. The molecule has 2 aromatic rings. The van der Waals surface area contributed by atoms with E-state index in [0.717, 1.165) is 0 Å². The minimum atomic E-state index is -0.681. The predicted octanol–water partition coefficient (Wildman–Crippen LogP) is 1.26. The van der Waals surface area contributed by atoms with Gasteiger partial charge in [-0.25, -0.2) is 4.98 Å². The molecule has 2 heterocycles. The van der Waals surface area contributed by atoms with E-state index in [1.54, 1.807) is 10.9 Å². The van der Waals surface area contributed by atoms with E-state index in [0.29, 0.717) is 5.69 Å². The van der Waals surface area contributed by atoms with Crippen molar-refractivity contribution in [2.75, 3.05) is 0 Å². The number of hydrogen-bond donors (Lipinski definition) is 0. The van der Waals surface area contributed by atoms with Crippen molar-refractivity contribution in [1.29, 1.82) is 0 Å². The number of hydrogen-bond acceptors (Lipinski definition) is 5. The third kappa shape index (κ3) is 1.98. The Kier molecular flexibility index (Phi) is 2.78. The number of aromatic nitrogens is 2. The number of nitrogens with zero attached hydrogens (tertiary/aromatic N) is 3. The van der Waals surface area contributed by atoms with Gasteiger partial charge in [-0.2, -0.15) is 0 Å². The average molecular weight is 237 g/mol. The van der Waals surface area contributed by atoms with Gasteiger partial charge in [0.25, 0.3) is 0 Å². The van der Waals surface area contributed by atoms with Crippen molar-refractivity contribution in [3.8, 4) is 0 Å². The van der Waals surface area contributed by atoms with Gasteiger partial charge in [0.1, 0.15) is 0 Å². The van der Waals surface area contributed by atoms with Crippen LogP contribution in [-0.2, 0) is 6.54 Å². The zero-order valence-electron chi connectivity index (χ0n) is 8.07. The third-order valence-corrected chi connectivity index (χ3v) is 2.65. The monoisotopic (exact) mass is 237 g/mol. The molecule has 0 aromatic carbocycles. The van der Waals surface area contributed by atoms with Crippen LogP contribution in [0.1, 0.15) is 5.69 Å². The number of thiazole rings is 1. The normalized spacial score (nSPS) is 10.2. The van der Waals surface area contributed by atoms with Gasteiger partial charge in [-0.05, 0) is 6.07 Å². The van der Waals surface area contributed by atoms with E-state index < -0.39 is 16.2 Å². The zero-order chi connectivity index (χ0) is 11.5. The lowest BCUT2D eigenvalue weighted by Crippen LogP contribution is -2.22. The Morgan fingerprint density at radius 2 is 2.38 bits per heavy atom. The number of pyridine rings is 1. The molecule has 0 spiro atoms. The fourth-order valence-corrected chi connectivity index (χ4v) is 1.83. The summed E-state index contributed by atoms with van der Waals surface area (Å²) in [5.74, 6) is 0. The van der Waals surface area contributed by atoms with Crippen LogP contribution < -0.4 is 5.56 Å². The van der Waals surface area contributed by atoms with Crippen LogP contribution in [0.3, 0.4) is 0 Å². The fraction of sp³-hybridized carbons (Fsp3) is 0.111. The minimum Gasteiger partial charge on any atom is -0.304 e. The first-order valence-corrected chi connectivity index (χ1v) is 5.33. The van der Waals surface area contributed by atoms with E-state index >= 15 is 0 Å². The SMILES string of the molecule is O=c1c([N+](=O)[O-])cccn1Cc1cscn1. The van der Waals surface area contributed by atoms with E-state index in [4.69, 9.17) is 0 Å². The Balaban J connectivity index is 2.39. The van der Waals surface area contributed by atoms with E-state index in [1.165, 1.54) is 34.2 Å². The summed E-state index contributed by atoms with van der Waals surface area (Å²) < 4.78 is 1.27. The van der Waals surface area contributed by atoms with E-state index in [9.17, 15) is 14.9 Å². The lowest BCUT2D eigenvalue weighted by molar-refractivity contribution is -0.386. The molecule has 16 heavy (non-hydrogen) atoms. The maximum absolute atomic E-state index is 11.6. The van der Waals surface area contributed by atoms with E-state index in [2.05, 4.69) is 4.98 Å². The molecule has 2 rings (SSSR count). The van der Waals surface area contributed by atoms with E-state index in [-0.39, 0.29) is 6.54 Å². The molecule has 0 bridgehead atoms. The molecule has 0 fully saturated rings. The molecular formula is C9H7N3O3S. The van der Waals surface area contributed by atoms with Crippen molar-refractivity contribution in [2.24, 2.45) is 0 Å². The molecule has 0 saturated heterocycles. The van der Waals surface area contributed by atoms with Gasteiger partial charge in [0.2, 0.25) is 0 Å². The zero-order valence-corrected chi connectivity index (χ0v) is 8.88. The van der Waals surface area contributed by atoms with Crippen LogP contribution in [-0.4, -0.2) is 14.5 Å². The summed E-state index contributed by atoms with van der Waals surface area (Å²) in [7, 11) is 0. The summed E-state index contributed by atoms with van der Waals surface area (Å²) in [6.45, 7) is 0.254. The first kappa shape index (κ1) is 10.5. The summed E-state index contributed by atoms with van der Waals surface area (Å²) in [5, 5.41) is 12.4. The molecule has 0 saturated carbocycles. The van der Waals surface area contributed by atoms with Gasteiger partial charge in [0.15, 0.2) is 0 Å². The molecule has 0 radical (unpaired) electrons. The van der Waals surface area contributed by atoms with Crippen LogP contribution in [0.2, 0.25) is 0 Å². The van der Waals surface area contributed by atoms with E-state index in [1.807, 2.05) is 0 Å². The van der Waals surface area contributed by atoms with Gasteiger partial charge in [-0.15, -0.1) is 11.3 Å². The summed E-state index contributed by atoms with van der Waals surface area (Å²) in [4.78, 5) is 25.5. The van der Waals surface area contributed by atoms with Gasteiger partial charge < -0.3 is 4.57 Å². The Bertz CT molecular complexity index is 562. The minimum absolute atomic E-state index is 0.254. The second-order valence-electron chi connectivity index (χ2n) is 3.06. The molecule has 0 aliphatic heterocycles. The molecule has 7 heteroatoms. The second kappa shape index (κ2) is 4.23. The fourth-order valence-electron chi connectivity index (χ4n) is 1.28. The van der Waals surface area contributed by atoms with Gasteiger partial charge in [-0.1, -0.05) is 0 Å². The topological polar surface area (TPSA) is 78.0 Å². The van der Waals surface area contributed by atoms with Crippen LogP contribution in [0.4, 0.5) is 5.69 Å². The lowest BCUT2D eigenvalue weighted by atomic mass is 10.4. The van der Waals surface area contributed by atoms with Crippen molar-refractivity contribution in [3.63, 3.8) is 0 Å². The standard InChI is InChI=1S/C9H7N3O3S/c13-9-8(12(14)15)2-1-3-11(9)4-7-5-16-6-10-7/h1-3,5-6H,4H2. The van der Waals surface area contributed by atoms with Crippen molar-refractivity contribution >= 4 is 17.0 Å². The summed E-state index contributed by atoms with van der Waals surface area (Å²) in [6, 6.07) is 2.67. The maximum atomic E-state index is 11.6. The molecule has 0 unspecified atom stereocenters. The van der Waals surface area contributed by atoms with Crippen LogP contribution in [0, 0.1) is 10.1 Å². The highest BCUT2D eigenvalue weighted by Crippen LogP contribution is 2.05. The molecule has 0 aliphatic rings. The molecule has 0 N–H and O–H groups in total. The first-order valence-electron chi connectivity index (χ1n) is 4.39. The molecule has 0 atom stereocenters. The summed E-state index contributed by atoms with van der Waals surface area (Å²) in [5.41, 5.74) is 1.34. The van der Waals surface area contributed by atoms with Crippen molar-refractivity contribution in [3.05, 3.63) is 55.4 Å². The molecule has 6 nitrogen and oxygen atoms in total. The Labute approximate surface area is 94.0 Å². The molecular weight excluding hydrogens is 230 g/mol. The molecule has 82 valence electrons. The maximum Gasteiger partial charge on any atom is 0.334 e. The second-order valence-corrected chi connectivity index (χ2v) is 3.78. The highest BCUT2D eigenvalue weighted by atomic mass is 32.1. The summed E-state index contributed by atoms with van der Waals surface area (Å²) >= 11 is 1.41. The lowest BCUT2D eigenvalue weighted by Gasteiger charge is -2.01. The predicted molar refractivity (Wildman–Crippen MR) is 58.6 cm³/mol. The van der Waals surface area contributed by atoms with Crippen LogP contribution in [0.15, 0.2) is 34.0 Å². The van der Waals surface area contributed by atoms with Crippen molar-refractivity contribution in [1.82, 2.24) is 9.55 Å². The third-order valence-electron chi connectivity index (χ3n) is 2.01.